The van der Waals surface area contributed by atoms with Gasteiger partial charge in [0.25, 0.3) is 0 Å². The maximum absolute atomic E-state index is 12.5. The molecule has 0 bridgehead atoms. The van der Waals surface area contributed by atoms with E-state index in [2.05, 4.69) is 26.7 Å². The molecule has 1 aromatic carbocycles. The summed E-state index contributed by atoms with van der Waals surface area (Å²) in [7, 11) is 1.69. The third-order valence-electron chi connectivity index (χ3n) is 3.90. The van der Waals surface area contributed by atoms with Crippen LogP contribution in [0.4, 0.5) is 5.69 Å². The van der Waals surface area contributed by atoms with Gasteiger partial charge < -0.3 is 15.5 Å². The Labute approximate surface area is 168 Å². The molecule has 0 radical (unpaired) electrons. The molecule has 2 heterocycles. The number of halogens is 1. The van der Waals surface area contributed by atoms with E-state index in [-0.39, 0.29) is 36.4 Å². The highest BCUT2D eigenvalue weighted by Crippen LogP contribution is 2.27. The minimum absolute atomic E-state index is 0. The molecule has 0 saturated carbocycles. The van der Waals surface area contributed by atoms with Crippen LogP contribution in [0.2, 0.25) is 0 Å². The Morgan fingerprint density at radius 2 is 2.16 bits per heavy atom. The molecule has 1 aromatic heterocycles. The lowest BCUT2D eigenvalue weighted by Crippen LogP contribution is -2.44. The van der Waals surface area contributed by atoms with E-state index in [0.717, 1.165) is 23.7 Å². The Balaban J connectivity index is 0.00000225. The first kappa shape index (κ1) is 19.6. The van der Waals surface area contributed by atoms with Crippen LogP contribution in [-0.4, -0.2) is 37.0 Å². The number of hydrogen-bond donors (Lipinski definition) is 2. The number of benzene rings is 1. The molecule has 3 rings (SSSR count). The molecule has 25 heavy (non-hydrogen) atoms. The van der Waals surface area contributed by atoms with Crippen LogP contribution in [0, 0.1) is 6.92 Å². The summed E-state index contributed by atoms with van der Waals surface area (Å²) in [6, 6.07) is 8.05. The van der Waals surface area contributed by atoms with E-state index in [0.29, 0.717) is 12.5 Å². The molecule has 0 saturated heterocycles. The van der Waals surface area contributed by atoms with Gasteiger partial charge in [-0.3, -0.25) is 9.79 Å². The summed E-state index contributed by atoms with van der Waals surface area (Å²) in [5.74, 6) is 0.650. The summed E-state index contributed by atoms with van der Waals surface area (Å²) in [5.41, 5.74) is 2.25. The number of aromatic nitrogens is 1. The summed E-state index contributed by atoms with van der Waals surface area (Å²) >= 11 is 1.65. The number of anilines is 1. The van der Waals surface area contributed by atoms with Crippen molar-refractivity contribution in [3.05, 3.63) is 45.9 Å². The van der Waals surface area contributed by atoms with Gasteiger partial charge in [0.1, 0.15) is 5.01 Å². The van der Waals surface area contributed by atoms with Crippen molar-refractivity contribution >= 4 is 52.9 Å². The molecule has 6 nitrogen and oxygen atoms in total. The standard InChI is InChI=1S/C17H21N5OS.HI/c1-12-9-19-15(24-12)10-20-17(18-2)21-11-16(23)22-8-7-13-5-3-4-6-14(13)22;/h3-6,9H,7-8,10-11H2,1-2H3,(H2,18,20,21);1H. The van der Waals surface area contributed by atoms with Crippen molar-refractivity contribution in [1.82, 2.24) is 15.6 Å². The number of para-hydroxylation sites is 1. The highest BCUT2D eigenvalue weighted by Gasteiger charge is 2.23. The van der Waals surface area contributed by atoms with Gasteiger partial charge >= 0.3 is 0 Å². The second kappa shape index (κ2) is 9.14. The van der Waals surface area contributed by atoms with Gasteiger partial charge in [-0.2, -0.15) is 0 Å². The summed E-state index contributed by atoms with van der Waals surface area (Å²) in [6.45, 7) is 3.58. The zero-order valence-corrected chi connectivity index (χ0v) is 17.4. The predicted molar refractivity (Wildman–Crippen MR) is 113 cm³/mol. The van der Waals surface area contributed by atoms with Gasteiger partial charge in [0, 0.05) is 30.4 Å². The summed E-state index contributed by atoms with van der Waals surface area (Å²) in [5, 5.41) is 7.25. The smallest absolute Gasteiger partial charge is 0.246 e. The number of nitrogens with one attached hydrogen (secondary N) is 2. The lowest BCUT2D eigenvalue weighted by Gasteiger charge is -2.18. The van der Waals surface area contributed by atoms with E-state index in [1.54, 1.807) is 18.4 Å². The van der Waals surface area contributed by atoms with Gasteiger partial charge in [0.05, 0.1) is 13.1 Å². The van der Waals surface area contributed by atoms with Crippen LogP contribution < -0.4 is 15.5 Å². The number of amides is 1. The molecule has 1 aliphatic heterocycles. The van der Waals surface area contributed by atoms with E-state index in [9.17, 15) is 4.79 Å². The zero-order chi connectivity index (χ0) is 16.9. The van der Waals surface area contributed by atoms with Gasteiger partial charge in [-0.25, -0.2) is 4.98 Å². The van der Waals surface area contributed by atoms with E-state index in [1.807, 2.05) is 36.2 Å². The molecular formula is C17H22IN5OS. The van der Waals surface area contributed by atoms with Gasteiger partial charge in [0.15, 0.2) is 5.96 Å². The van der Waals surface area contributed by atoms with Crippen molar-refractivity contribution < 1.29 is 4.79 Å². The third-order valence-corrected chi connectivity index (χ3v) is 4.81. The zero-order valence-electron chi connectivity index (χ0n) is 14.3. The Hall–Kier alpha value is -1.68. The lowest BCUT2D eigenvalue weighted by atomic mass is 10.2. The van der Waals surface area contributed by atoms with Crippen LogP contribution in [-0.2, 0) is 17.8 Å². The molecule has 1 aliphatic rings. The van der Waals surface area contributed by atoms with E-state index in [1.165, 1.54) is 10.4 Å². The van der Waals surface area contributed by atoms with Crippen LogP contribution in [0.1, 0.15) is 15.4 Å². The first-order valence-corrected chi connectivity index (χ1v) is 8.73. The molecule has 1 amide bonds. The lowest BCUT2D eigenvalue weighted by molar-refractivity contribution is -0.117. The molecule has 0 aliphatic carbocycles. The monoisotopic (exact) mass is 471 g/mol. The second-order valence-corrected chi connectivity index (χ2v) is 6.89. The molecular weight excluding hydrogens is 449 g/mol. The number of carbonyl (C=O) groups is 1. The largest absolute Gasteiger partial charge is 0.350 e. The van der Waals surface area contributed by atoms with Gasteiger partial charge in [0.2, 0.25) is 5.91 Å². The number of thiazole rings is 1. The highest BCUT2D eigenvalue weighted by atomic mass is 127. The molecule has 134 valence electrons. The van der Waals surface area contributed by atoms with Gasteiger partial charge in [-0.05, 0) is 25.0 Å². The Bertz CT molecular complexity index is 761. The average Bonchev–Trinajstić information content (AvgIpc) is 3.21. The topological polar surface area (TPSA) is 69.6 Å². The number of fused-ring (bicyclic) bond motifs is 1. The number of carbonyl (C=O) groups excluding carboxylic acids is 1. The first-order valence-electron chi connectivity index (χ1n) is 7.91. The number of nitrogens with zero attached hydrogens (tertiary/aromatic N) is 3. The first-order chi connectivity index (χ1) is 11.7. The average molecular weight is 471 g/mol. The molecule has 2 aromatic rings. The predicted octanol–water partition coefficient (Wildman–Crippen LogP) is 2.32. The molecule has 0 unspecified atom stereocenters. The van der Waals surface area contributed by atoms with Crippen molar-refractivity contribution in [2.45, 2.75) is 19.9 Å². The van der Waals surface area contributed by atoms with E-state index in [4.69, 9.17) is 0 Å². The van der Waals surface area contributed by atoms with Gasteiger partial charge in [-0.15, -0.1) is 35.3 Å². The number of guanidine groups is 1. The van der Waals surface area contributed by atoms with Crippen LogP contribution in [0.3, 0.4) is 0 Å². The summed E-state index contributed by atoms with van der Waals surface area (Å²) in [4.78, 5) is 23.9. The van der Waals surface area contributed by atoms with Gasteiger partial charge in [-0.1, -0.05) is 18.2 Å². The second-order valence-electron chi connectivity index (χ2n) is 5.57. The minimum atomic E-state index is 0. The number of rotatable bonds is 4. The maximum Gasteiger partial charge on any atom is 0.246 e. The Morgan fingerprint density at radius 3 is 2.88 bits per heavy atom. The quantitative estimate of drug-likeness (QED) is 0.408. The summed E-state index contributed by atoms with van der Waals surface area (Å²) < 4.78 is 0. The fourth-order valence-electron chi connectivity index (χ4n) is 2.72. The molecule has 0 spiro atoms. The SMILES string of the molecule is CN=C(NCC(=O)N1CCc2ccccc21)NCc1ncc(C)s1.I. The van der Waals surface area contributed by atoms with Crippen molar-refractivity contribution in [2.75, 3.05) is 25.0 Å². The fraction of sp³-hybridized carbons (Fsp3) is 0.353. The fourth-order valence-corrected chi connectivity index (χ4v) is 3.44. The van der Waals surface area contributed by atoms with Crippen molar-refractivity contribution in [2.24, 2.45) is 4.99 Å². The van der Waals surface area contributed by atoms with Crippen molar-refractivity contribution in [3.8, 4) is 0 Å². The summed E-state index contributed by atoms with van der Waals surface area (Å²) in [6.07, 6.45) is 2.77. The van der Waals surface area contributed by atoms with Crippen LogP contribution >= 0.6 is 35.3 Å². The van der Waals surface area contributed by atoms with Crippen LogP contribution in [0.25, 0.3) is 0 Å². The molecule has 0 fully saturated rings. The van der Waals surface area contributed by atoms with Crippen molar-refractivity contribution in [3.63, 3.8) is 0 Å². The van der Waals surface area contributed by atoms with Crippen LogP contribution in [0.15, 0.2) is 35.5 Å². The molecule has 8 heteroatoms. The normalized spacial score (nSPS) is 13.2. The Morgan fingerprint density at radius 1 is 1.36 bits per heavy atom. The minimum Gasteiger partial charge on any atom is -0.350 e. The molecule has 0 atom stereocenters. The highest BCUT2D eigenvalue weighted by molar-refractivity contribution is 14.0. The third kappa shape index (κ3) is 4.91. The number of aryl methyl sites for hydroxylation is 1. The van der Waals surface area contributed by atoms with E-state index >= 15 is 0 Å². The Kier molecular flexibility index (Phi) is 7.18. The van der Waals surface area contributed by atoms with E-state index < -0.39 is 0 Å². The number of aliphatic imine (C=N–C) groups is 1. The van der Waals surface area contributed by atoms with Crippen molar-refractivity contribution in [1.29, 1.82) is 0 Å². The van der Waals surface area contributed by atoms with Crippen LogP contribution in [0.5, 0.6) is 0 Å². The maximum atomic E-state index is 12.5. The number of hydrogen-bond acceptors (Lipinski definition) is 4. The molecule has 2 N–H and O–H groups in total.